The van der Waals surface area contributed by atoms with Gasteiger partial charge in [-0.2, -0.15) is 0 Å². The molecule has 42 heavy (non-hydrogen) atoms. The van der Waals surface area contributed by atoms with Gasteiger partial charge in [-0.1, -0.05) is 73.4 Å². The maximum Gasteiger partial charge on any atom is 0.246 e. The summed E-state index contributed by atoms with van der Waals surface area (Å²) < 4.78 is 0. The summed E-state index contributed by atoms with van der Waals surface area (Å²) in [5, 5.41) is 10.8. The third-order valence-corrected chi connectivity index (χ3v) is 8.30. The number of aromatic hydroxyl groups is 1. The number of phenols is 1. The molecule has 11 heteroatoms. The monoisotopic (exact) mass is 627 g/mol. The highest BCUT2D eigenvalue weighted by Crippen LogP contribution is 2.42. The molecule has 1 saturated heterocycles. The van der Waals surface area contributed by atoms with Crippen LogP contribution in [0, 0.1) is 0 Å². The van der Waals surface area contributed by atoms with Gasteiger partial charge in [0.05, 0.1) is 32.0 Å². The molecule has 1 fully saturated rings. The molecule has 1 atom stereocenters. The second-order valence-electron chi connectivity index (χ2n) is 10.2. The average molecular weight is 629 g/mol. The Kier molecular flexibility index (Phi) is 9.82. The summed E-state index contributed by atoms with van der Waals surface area (Å²) in [6, 6.07) is 11.9. The molecule has 4 rings (SSSR count). The third kappa shape index (κ3) is 6.11. The SMILES string of the molecule is C=CC(=O)N1CCN(C(=NC)c2cc(Cl)c(-c3cc(O)cc(Cl)c3Cl)nc2N(C=O)c2ccccc2C(C)C)C(C)C1. The first-order valence-electron chi connectivity index (χ1n) is 13.4. The topological polar surface area (TPSA) is 89.3 Å². The number of carbonyl (C=O) groups excluding carboxylic acids is 2. The fourth-order valence-electron chi connectivity index (χ4n) is 5.18. The lowest BCUT2D eigenvalue weighted by molar-refractivity contribution is -0.128. The Morgan fingerprint density at radius 3 is 2.50 bits per heavy atom. The van der Waals surface area contributed by atoms with Gasteiger partial charge in [0.25, 0.3) is 0 Å². The highest BCUT2D eigenvalue weighted by atomic mass is 35.5. The molecule has 0 spiro atoms. The number of amides is 2. The van der Waals surface area contributed by atoms with Crippen LogP contribution < -0.4 is 4.90 Å². The second-order valence-corrected chi connectivity index (χ2v) is 11.4. The zero-order valence-corrected chi connectivity index (χ0v) is 26.1. The molecular weight excluding hydrogens is 597 g/mol. The lowest BCUT2D eigenvalue weighted by atomic mass is 10.00. The molecule has 3 aromatic rings. The first-order valence-corrected chi connectivity index (χ1v) is 14.5. The van der Waals surface area contributed by atoms with Gasteiger partial charge in [-0.05, 0) is 42.7 Å². The number of pyridine rings is 1. The molecule has 8 nitrogen and oxygen atoms in total. The van der Waals surface area contributed by atoms with Crippen LogP contribution in [0.15, 0.2) is 60.1 Å². The minimum atomic E-state index is -0.134. The molecule has 1 aromatic heterocycles. The Balaban J connectivity index is 1.96. The Hall–Kier alpha value is -3.59. The third-order valence-electron chi connectivity index (χ3n) is 7.21. The highest BCUT2D eigenvalue weighted by molar-refractivity contribution is 6.44. The zero-order valence-electron chi connectivity index (χ0n) is 23.8. The normalized spacial score (nSPS) is 15.6. The molecule has 0 radical (unpaired) electrons. The molecule has 1 N–H and O–H groups in total. The number of amidine groups is 1. The molecule has 220 valence electrons. The van der Waals surface area contributed by atoms with Crippen LogP contribution in [0.25, 0.3) is 11.3 Å². The van der Waals surface area contributed by atoms with Gasteiger partial charge < -0.3 is 14.9 Å². The standard InChI is InChI=1S/C31H32Cl3N5O3/c1-6-27(42)37-11-12-38(19(4)16-37)30(35-5)23-15-25(33)29(22-13-20(41)14-24(32)28(22)34)36-31(23)39(17-40)26-10-8-7-9-21(26)18(2)3/h6-10,13-15,17-19,41H,1,11-12,16H2,2-5H3. The Morgan fingerprint density at radius 1 is 1.17 bits per heavy atom. The molecule has 0 bridgehead atoms. The summed E-state index contributed by atoms with van der Waals surface area (Å²) in [6.45, 7) is 11.1. The first kappa shape index (κ1) is 31.3. The average Bonchev–Trinajstić information content (AvgIpc) is 2.97. The van der Waals surface area contributed by atoms with Crippen molar-refractivity contribution >= 4 is 64.5 Å². The number of phenolic OH excluding ortho intramolecular Hbond substituents is 1. The summed E-state index contributed by atoms with van der Waals surface area (Å²) in [6.07, 6.45) is 2.02. The van der Waals surface area contributed by atoms with E-state index in [1.165, 1.54) is 23.1 Å². The number of carbonyl (C=O) groups is 2. The van der Waals surface area contributed by atoms with Crippen molar-refractivity contribution in [2.24, 2.45) is 4.99 Å². The van der Waals surface area contributed by atoms with Crippen LogP contribution in [0.4, 0.5) is 11.5 Å². The van der Waals surface area contributed by atoms with E-state index in [1.807, 2.05) is 45.0 Å². The van der Waals surface area contributed by atoms with Crippen molar-refractivity contribution in [2.45, 2.75) is 32.7 Å². The lowest BCUT2D eigenvalue weighted by Crippen LogP contribution is -2.55. The smallest absolute Gasteiger partial charge is 0.246 e. The number of nitrogens with zero attached hydrogens (tertiary/aromatic N) is 5. The van der Waals surface area contributed by atoms with Crippen LogP contribution in [-0.4, -0.2) is 70.8 Å². The van der Waals surface area contributed by atoms with Gasteiger partial charge in [0.1, 0.15) is 11.6 Å². The minimum Gasteiger partial charge on any atom is -0.508 e. The molecule has 0 aliphatic carbocycles. The van der Waals surface area contributed by atoms with E-state index >= 15 is 0 Å². The van der Waals surface area contributed by atoms with Gasteiger partial charge in [-0.15, -0.1) is 0 Å². The fourth-order valence-corrected chi connectivity index (χ4v) is 5.85. The number of aliphatic imine (C=N–C) groups is 1. The number of halogens is 3. The number of anilines is 2. The quantitative estimate of drug-likeness (QED) is 0.133. The molecule has 1 unspecified atom stereocenters. The van der Waals surface area contributed by atoms with Crippen LogP contribution in [0.2, 0.25) is 15.1 Å². The van der Waals surface area contributed by atoms with Crippen LogP contribution in [-0.2, 0) is 9.59 Å². The van der Waals surface area contributed by atoms with E-state index in [0.29, 0.717) is 48.7 Å². The number of hydrogen-bond donors (Lipinski definition) is 1. The Bertz CT molecular complexity index is 1560. The number of rotatable bonds is 7. The molecular formula is C31H32Cl3N5O3. The van der Waals surface area contributed by atoms with E-state index in [0.717, 1.165) is 5.56 Å². The summed E-state index contributed by atoms with van der Waals surface area (Å²) in [4.78, 5) is 40.0. The summed E-state index contributed by atoms with van der Waals surface area (Å²) >= 11 is 19.7. The number of piperazine rings is 1. The maximum absolute atomic E-state index is 12.9. The van der Waals surface area contributed by atoms with Crippen LogP contribution in [0.5, 0.6) is 5.75 Å². The molecule has 2 aromatic carbocycles. The van der Waals surface area contributed by atoms with Crippen molar-refractivity contribution in [2.75, 3.05) is 31.6 Å². The van der Waals surface area contributed by atoms with Crippen LogP contribution in [0.3, 0.4) is 0 Å². The number of para-hydroxylation sites is 1. The Labute approximate surface area is 260 Å². The Morgan fingerprint density at radius 2 is 1.88 bits per heavy atom. The van der Waals surface area contributed by atoms with E-state index in [4.69, 9.17) is 39.8 Å². The first-order chi connectivity index (χ1) is 20.0. The van der Waals surface area contributed by atoms with Crippen molar-refractivity contribution in [3.63, 3.8) is 0 Å². The van der Waals surface area contributed by atoms with E-state index in [2.05, 4.69) is 16.5 Å². The van der Waals surface area contributed by atoms with Gasteiger partial charge in [-0.25, -0.2) is 4.98 Å². The molecule has 1 aliphatic rings. The predicted molar refractivity (Wildman–Crippen MR) is 171 cm³/mol. The van der Waals surface area contributed by atoms with E-state index in [1.54, 1.807) is 18.0 Å². The predicted octanol–water partition coefficient (Wildman–Crippen LogP) is 6.93. The van der Waals surface area contributed by atoms with Crippen molar-refractivity contribution in [1.29, 1.82) is 0 Å². The van der Waals surface area contributed by atoms with Crippen molar-refractivity contribution in [1.82, 2.24) is 14.8 Å². The molecule has 2 heterocycles. The van der Waals surface area contributed by atoms with Gasteiger partial charge in [0.15, 0.2) is 5.82 Å². The lowest BCUT2D eigenvalue weighted by Gasteiger charge is -2.41. The number of aromatic nitrogens is 1. The van der Waals surface area contributed by atoms with Crippen molar-refractivity contribution in [3.05, 3.63) is 81.3 Å². The molecule has 2 amide bonds. The largest absolute Gasteiger partial charge is 0.508 e. The number of benzene rings is 2. The van der Waals surface area contributed by atoms with Crippen molar-refractivity contribution < 1.29 is 14.7 Å². The van der Waals surface area contributed by atoms with Crippen molar-refractivity contribution in [3.8, 4) is 17.0 Å². The fraction of sp³-hybridized carbons (Fsp3) is 0.290. The molecule has 0 saturated carbocycles. The van der Waals surface area contributed by atoms with E-state index < -0.39 is 0 Å². The van der Waals surface area contributed by atoms with E-state index in [9.17, 15) is 14.7 Å². The van der Waals surface area contributed by atoms with Gasteiger partial charge in [0.2, 0.25) is 12.3 Å². The number of hydrogen-bond acceptors (Lipinski definition) is 5. The summed E-state index contributed by atoms with van der Waals surface area (Å²) in [5.74, 6) is 0.679. The second kappa shape index (κ2) is 13.2. The zero-order chi connectivity index (χ0) is 30.7. The van der Waals surface area contributed by atoms with E-state index in [-0.39, 0.29) is 50.2 Å². The van der Waals surface area contributed by atoms with Gasteiger partial charge in [-0.3, -0.25) is 19.5 Å². The van der Waals surface area contributed by atoms with Gasteiger partial charge >= 0.3 is 0 Å². The summed E-state index contributed by atoms with van der Waals surface area (Å²) in [7, 11) is 1.66. The van der Waals surface area contributed by atoms with Gasteiger partial charge in [0, 0.05) is 44.4 Å². The van der Waals surface area contributed by atoms with Crippen LogP contribution in [0.1, 0.15) is 37.8 Å². The summed E-state index contributed by atoms with van der Waals surface area (Å²) in [5.41, 5.74) is 2.63. The highest BCUT2D eigenvalue weighted by Gasteiger charge is 2.32. The minimum absolute atomic E-state index is 0.105. The molecule has 1 aliphatic heterocycles. The van der Waals surface area contributed by atoms with Crippen LogP contribution >= 0.6 is 34.8 Å². The maximum atomic E-state index is 12.9.